The Morgan fingerprint density at radius 2 is 1.29 bits per heavy atom. The fourth-order valence-corrected chi connectivity index (χ4v) is 4.97. The second-order valence-corrected chi connectivity index (χ2v) is 9.07. The van der Waals surface area contributed by atoms with E-state index in [0.717, 1.165) is 24.0 Å². The molecule has 0 spiro atoms. The lowest BCUT2D eigenvalue weighted by atomic mass is 10.1. The highest BCUT2D eigenvalue weighted by Crippen LogP contribution is 2.37. The molecule has 3 nitrogen and oxygen atoms in total. The summed E-state index contributed by atoms with van der Waals surface area (Å²) in [6.07, 6.45) is 9.54. The number of unbranched alkanes of at least 4 members (excludes halogenated alkanes) is 7. The summed E-state index contributed by atoms with van der Waals surface area (Å²) in [6.45, 7) is 2.74. The third-order valence-electron chi connectivity index (χ3n) is 5.65. The predicted molar refractivity (Wildman–Crippen MR) is 130 cm³/mol. The number of hydrogen-bond donors (Lipinski definition) is 0. The minimum atomic E-state index is -0.144. The predicted octanol–water partition coefficient (Wildman–Crippen LogP) is 6.84. The van der Waals surface area contributed by atoms with Crippen LogP contribution in [0.2, 0.25) is 0 Å². The van der Waals surface area contributed by atoms with Gasteiger partial charge in [-0.1, -0.05) is 113 Å². The van der Waals surface area contributed by atoms with E-state index in [2.05, 4.69) is 19.1 Å². The summed E-state index contributed by atoms with van der Waals surface area (Å²) in [5.74, 6) is 0.402. The molecule has 1 heterocycles. The van der Waals surface area contributed by atoms with Crippen LogP contribution in [-0.2, 0) is 15.3 Å². The number of thioether (sulfide) groups is 1. The molecule has 0 atom stereocenters. The Balaban J connectivity index is 1.62. The van der Waals surface area contributed by atoms with Gasteiger partial charge in [0.05, 0.1) is 10.5 Å². The fraction of sp³-hybridized carbons (Fsp3) is 0.407. The molecule has 0 radical (unpaired) electrons. The molecular formula is C27H33NO2S. The van der Waals surface area contributed by atoms with Crippen molar-refractivity contribution in [2.45, 2.75) is 64.0 Å². The minimum absolute atomic E-state index is 0.132. The van der Waals surface area contributed by atoms with Gasteiger partial charge >= 0.3 is 0 Å². The average Bonchev–Trinajstić information content (AvgIpc) is 3.04. The Bertz CT molecular complexity index is 877. The Labute approximate surface area is 190 Å². The lowest BCUT2D eigenvalue weighted by Crippen LogP contribution is -2.32. The van der Waals surface area contributed by atoms with Crippen molar-refractivity contribution >= 4 is 29.1 Å². The van der Waals surface area contributed by atoms with Crippen LogP contribution in [0.3, 0.4) is 0 Å². The zero-order chi connectivity index (χ0) is 21.9. The first-order chi connectivity index (χ1) is 15.2. The van der Waals surface area contributed by atoms with Gasteiger partial charge in [-0.3, -0.25) is 14.5 Å². The summed E-state index contributed by atoms with van der Waals surface area (Å²) in [7, 11) is 0. The van der Waals surface area contributed by atoms with Crippen LogP contribution in [0.5, 0.6) is 0 Å². The van der Waals surface area contributed by atoms with Crippen molar-refractivity contribution < 1.29 is 9.59 Å². The molecule has 0 unspecified atom stereocenters. The monoisotopic (exact) mass is 435 g/mol. The molecule has 0 saturated heterocycles. The molecule has 0 saturated carbocycles. The Kier molecular flexibility index (Phi) is 9.41. The van der Waals surface area contributed by atoms with E-state index in [1.165, 1.54) is 55.2 Å². The highest BCUT2D eigenvalue weighted by Gasteiger charge is 2.38. The lowest BCUT2D eigenvalue weighted by molar-refractivity contribution is -0.136. The normalized spacial score (nSPS) is 14.0. The molecule has 2 aromatic rings. The number of carbonyl (C=O) groups is 2. The number of amides is 2. The van der Waals surface area contributed by atoms with Crippen molar-refractivity contribution in [1.82, 2.24) is 4.90 Å². The van der Waals surface area contributed by atoms with E-state index in [4.69, 9.17) is 0 Å². The summed E-state index contributed by atoms with van der Waals surface area (Å²) in [6, 6.07) is 19.7. The molecular weight excluding hydrogens is 402 g/mol. The summed E-state index contributed by atoms with van der Waals surface area (Å²) in [5.41, 5.74) is 2.54. The van der Waals surface area contributed by atoms with Crippen molar-refractivity contribution in [3.05, 3.63) is 76.7 Å². The number of carbonyl (C=O) groups excluding carboxylic acids is 2. The van der Waals surface area contributed by atoms with Crippen molar-refractivity contribution in [3.8, 4) is 0 Å². The van der Waals surface area contributed by atoms with E-state index in [0.29, 0.717) is 22.8 Å². The molecule has 0 fully saturated rings. The number of benzene rings is 2. The highest BCUT2D eigenvalue weighted by molar-refractivity contribution is 8.03. The van der Waals surface area contributed by atoms with Crippen LogP contribution in [0.15, 0.2) is 65.6 Å². The van der Waals surface area contributed by atoms with E-state index in [9.17, 15) is 9.59 Å². The zero-order valence-electron chi connectivity index (χ0n) is 18.5. The van der Waals surface area contributed by atoms with E-state index < -0.39 is 0 Å². The first-order valence-electron chi connectivity index (χ1n) is 11.5. The van der Waals surface area contributed by atoms with Gasteiger partial charge in [-0.05, 0) is 17.5 Å². The Morgan fingerprint density at radius 1 is 0.710 bits per heavy atom. The molecule has 0 N–H and O–H groups in total. The van der Waals surface area contributed by atoms with Gasteiger partial charge in [-0.2, -0.15) is 0 Å². The van der Waals surface area contributed by atoms with Gasteiger partial charge in [0.1, 0.15) is 0 Å². The molecule has 1 aliphatic rings. The van der Waals surface area contributed by atoms with Crippen molar-refractivity contribution in [2.75, 3.05) is 6.54 Å². The molecule has 2 aromatic carbocycles. The largest absolute Gasteiger partial charge is 0.274 e. The Hall–Kier alpha value is -2.33. The van der Waals surface area contributed by atoms with Crippen LogP contribution in [0.25, 0.3) is 5.57 Å². The minimum Gasteiger partial charge on any atom is -0.274 e. The van der Waals surface area contributed by atoms with Crippen molar-refractivity contribution in [1.29, 1.82) is 0 Å². The van der Waals surface area contributed by atoms with Gasteiger partial charge < -0.3 is 0 Å². The summed E-state index contributed by atoms with van der Waals surface area (Å²) in [4.78, 5) is 28.4. The van der Waals surface area contributed by atoms with Crippen molar-refractivity contribution in [2.24, 2.45) is 0 Å². The van der Waals surface area contributed by atoms with Gasteiger partial charge in [0.2, 0.25) is 0 Å². The molecule has 0 aliphatic carbocycles. The standard InChI is InChI=1S/C27H33NO2S/c1-2-3-4-5-6-7-8-15-20-28-26(29)24(23-18-13-10-14-19-23)25(27(28)30)31-21-22-16-11-9-12-17-22/h9-14,16-19H,2-8,15,20-21H2,1H3. The maximum atomic E-state index is 13.2. The quantitative estimate of drug-likeness (QED) is 0.255. The number of imide groups is 1. The zero-order valence-corrected chi connectivity index (χ0v) is 19.3. The van der Waals surface area contributed by atoms with Gasteiger partial charge in [-0.25, -0.2) is 0 Å². The van der Waals surface area contributed by atoms with E-state index in [-0.39, 0.29) is 11.8 Å². The van der Waals surface area contributed by atoms with Gasteiger partial charge in [-0.15, -0.1) is 11.8 Å². The summed E-state index contributed by atoms with van der Waals surface area (Å²) in [5, 5.41) is 0. The van der Waals surface area contributed by atoms with Crippen LogP contribution in [0.4, 0.5) is 0 Å². The highest BCUT2D eigenvalue weighted by atomic mass is 32.2. The second-order valence-electron chi connectivity index (χ2n) is 8.08. The van der Waals surface area contributed by atoms with Crippen LogP contribution >= 0.6 is 11.8 Å². The average molecular weight is 436 g/mol. The van der Waals surface area contributed by atoms with Crippen LogP contribution < -0.4 is 0 Å². The van der Waals surface area contributed by atoms with Crippen LogP contribution in [0.1, 0.15) is 69.4 Å². The second kappa shape index (κ2) is 12.5. The molecule has 1 aliphatic heterocycles. The van der Waals surface area contributed by atoms with Gasteiger partial charge in [0.15, 0.2) is 0 Å². The molecule has 0 aromatic heterocycles. The van der Waals surface area contributed by atoms with E-state index >= 15 is 0 Å². The number of nitrogens with zero attached hydrogens (tertiary/aromatic N) is 1. The fourth-order valence-electron chi connectivity index (χ4n) is 3.88. The molecule has 164 valence electrons. The third-order valence-corrected chi connectivity index (χ3v) is 6.79. The topological polar surface area (TPSA) is 37.4 Å². The lowest BCUT2D eigenvalue weighted by Gasteiger charge is -2.15. The van der Waals surface area contributed by atoms with Crippen LogP contribution in [-0.4, -0.2) is 23.3 Å². The maximum absolute atomic E-state index is 13.2. The SMILES string of the molecule is CCCCCCCCCCN1C(=O)C(SCc2ccccc2)=C(c2ccccc2)C1=O. The number of rotatable bonds is 13. The van der Waals surface area contributed by atoms with E-state index in [1.807, 2.05) is 48.5 Å². The summed E-state index contributed by atoms with van der Waals surface area (Å²) >= 11 is 1.48. The van der Waals surface area contributed by atoms with Gasteiger partial charge in [0.25, 0.3) is 11.8 Å². The first kappa shape index (κ1) is 23.3. The summed E-state index contributed by atoms with van der Waals surface area (Å²) < 4.78 is 0. The van der Waals surface area contributed by atoms with Crippen LogP contribution in [0, 0.1) is 0 Å². The number of hydrogen-bond acceptors (Lipinski definition) is 3. The van der Waals surface area contributed by atoms with Crippen molar-refractivity contribution in [3.63, 3.8) is 0 Å². The molecule has 3 rings (SSSR count). The Morgan fingerprint density at radius 3 is 1.94 bits per heavy atom. The third kappa shape index (κ3) is 6.57. The molecule has 4 heteroatoms. The maximum Gasteiger partial charge on any atom is 0.267 e. The first-order valence-corrected chi connectivity index (χ1v) is 12.5. The van der Waals surface area contributed by atoms with Gasteiger partial charge in [0, 0.05) is 12.3 Å². The molecule has 2 amide bonds. The smallest absolute Gasteiger partial charge is 0.267 e. The van der Waals surface area contributed by atoms with E-state index in [1.54, 1.807) is 0 Å². The molecule has 0 bridgehead atoms. The molecule has 31 heavy (non-hydrogen) atoms.